The number of aromatic nitrogens is 4. The Balaban J connectivity index is 0.00000181. The quantitative estimate of drug-likeness (QED) is 0.337. The molecule has 0 unspecified atom stereocenters. The standard InChI is InChI=1S/C24H25FN6O5S2.C2H6/c1-12-5-8-16(15(25)9-12)28-21-19-20(13(2)22(32)29(21)4)31(24(34)30(23(19)33)14-6-7-14)18-10-27-17(37-18)11-38(35,36)26-3;1-2/h5,8-10,14,26,28H,6-7,11H2,1-4H3;1-2H3. The second kappa shape index (κ2) is 11.1. The monoisotopic (exact) mass is 590 g/mol. The summed E-state index contributed by atoms with van der Waals surface area (Å²) in [5.74, 6) is -0.933. The summed E-state index contributed by atoms with van der Waals surface area (Å²) in [6.45, 7) is 7.24. The molecule has 1 aliphatic carbocycles. The van der Waals surface area contributed by atoms with Gasteiger partial charge in [0.05, 0.1) is 17.4 Å². The third-order valence-corrected chi connectivity index (χ3v) is 8.96. The third kappa shape index (κ3) is 5.25. The summed E-state index contributed by atoms with van der Waals surface area (Å²) in [6.07, 6.45) is 2.61. The first-order valence-corrected chi connectivity index (χ1v) is 15.2. The van der Waals surface area contributed by atoms with Gasteiger partial charge in [0.15, 0.2) is 0 Å². The number of hydrogen-bond donors (Lipinski definition) is 2. The van der Waals surface area contributed by atoms with Crippen molar-refractivity contribution in [1.82, 2.24) is 23.4 Å². The van der Waals surface area contributed by atoms with E-state index in [1.165, 1.54) is 48.5 Å². The van der Waals surface area contributed by atoms with Crippen LogP contribution < -0.4 is 26.8 Å². The summed E-state index contributed by atoms with van der Waals surface area (Å²) in [4.78, 5) is 45.0. The lowest BCUT2D eigenvalue weighted by molar-refractivity contribution is 0.587. The number of anilines is 2. The average molecular weight is 591 g/mol. The van der Waals surface area contributed by atoms with Crippen molar-refractivity contribution in [2.24, 2.45) is 7.05 Å². The number of benzene rings is 1. The van der Waals surface area contributed by atoms with E-state index in [0.717, 1.165) is 15.9 Å². The van der Waals surface area contributed by atoms with Gasteiger partial charge in [0, 0.05) is 18.7 Å². The van der Waals surface area contributed by atoms with Gasteiger partial charge in [0.1, 0.15) is 32.8 Å². The Hall–Kier alpha value is -3.62. The van der Waals surface area contributed by atoms with Crippen molar-refractivity contribution in [3.63, 3.8) is 0 Å². The van der Waals surface area contributed by atoms with Crippen LogP contribution in [0.5, 0.6) is 0 Å². The largest absolute Gasteiger partial charge is 0.338 e. The number of fused-ring (bicyclic) bond motifs is 1. The number of thiazole rings is 1. The second-order valence-electron chi connectivity index (χ2n) is 9.25. The molecule has 0 saturated heterocycles. The summed E-state index contributed by atoms with van der Waals surface area (Å²) < 4.78 is 44.7. The van der Waals surface area contributed by atoms with Crippen molar-refractivity contribution in [3.8, 4) is 5.00 Å². The first kappa shape index (κ1) is 29.4. The summed E-state index contributed by atoms with van der Waals surface area (Å²) in [7, 11) is -0.870. The van der Waals surface area contributed by atoms with Crippen LogP contribution in [0.1, 0.15) is 48.9 Å². The molecule has 0 amide bonds. The SMILES string of the molecule is CC.CNS(=O)(=O)Cc1ncc(-n2c(=O)n(C3CC3)c(=O)c3c(Nc4ccc(C)cc4F)n(C)c(=O)c(C)c32)s1. The van der Waals surface area contributed by atoms with Crippen molar-refractivity contribution in [2.45, 2.75) is 52.3 Å². The van der Waals surface area contributed by atoms with E-state index in [1.807, 2.05) is 13.8 Å². The minimum atomic E-state index is -3.62. The van der Waals surface area contributed by atoms with Crippen LogP contribution in [0.2, 0.25) is 0 Å². The fraction of sp³-hybridized carbons (Fsp3) is 0.385. The van der Waals surface area contributed by atoms with E-state index in [9.17, 15) is 27.2 Å². The molecule has 4 aromatic rings. The first-order valence-electron chi connectivity index (χ1n) is 12.7. The van der Waals surface area contributed by atoms with E-state index in [-0.39, 0.29) is 44.0 Å². The molecule has 3 heterocycles. The number of nitrogens with one attached hydrogen (secondary N) is 2. The van der Waals surface area contributed by atoms with Gasteiger partial charge < -0.3 is 5.32 Å². The highest BCUT2D eigenvalue weighted by molar-refractivity contribution is 7.88. The smallest absolute Gasteiger partial charge is 0.337 e. The number of sulfonamides is 1. The van der Waals surface area contributed by atoms with Crippen LogP contribution in [0.15, 0.2) is 38.8 Å². The normalized spacial score (nSPS) is 13.3. The number of halogens is 1. The van der Waals surface area contributed by atoms with Crippen LogP contribution in [0.25, 0.3) is 15.9 Å². The third-order valence-electron chi connectivity index (χ3n) is 6.52. The van der Waals surface area contributed by atoms with Crippen molar-refractivity contribution >= 4 is 43.8 Å². The van der Waals surface area contributed by atoms with Crippen LogP contribution in [0, 0.1) is 19.7 Å². The van der Waals surface area contributed by atoms with Crippen molar-refractivity contribution in [1.29, 1.82) is 0 Å². The van der Waals surface area contributed by atoms with Crippen LogP contribution in [0.4, 0.5) is 15.9 Å². The average Bonchev–Trinajstić information content (AvgIpc) is 3.65. The predicted octanol–water partition coefficient (Wildman–Crippen LogP) is 3.22. The second-order valence-corrected chi connectivity index (χ2v) is 12.3. The minimum Gasteiger partial charge on any atom is -0.338 e. The molecule has 2 N–H and O–H groups in total. The van der Waals surface area contributed by atoms with Crippen molar-refractivity contribution in [3.05, 3.63) is 77.5 Å². The Bertz CT molecular complexity index is 1900. The van der Waals surface area contributed by atoms with Gasteiger partial charge in [-0.1, -0.05) is 31.3 Å². The molecule has 0 atom stereocenters. The molecular weight excluding hydrogens is 559 g/mol. The van der Waals surface area contributed by atoms with Gasteiger partial charge in [-0.05, 0) is 51.4 Å². The lowest BCUT2D eigenvalue weighted by Gasteiger charge is -2.20. The number of nitrogens with zero attached hydrogens (tertiary/aromatic N) is 4. The van der Waals surface area contributed by atoms with Crippen LogP contribution in [-0.4, -0.2) is 34.2 Å². The summed E-state index contributed by atoms with van der Waals surface area (Å²) in [5.41, 5.74) is -0.800. The highest BCUT2D eigenvalue weighted by atomic mass is 32.2. The molecule has 1 aromatic carbocycles. The van der Waals surface area contributed by atoms with Gasteiger partial charge in [0.2, 0.25) is 10.0 Å². The van der Waals surface area contributed by atoms with Crippen LogP contribution >= 0.6 is 11.3 Å². The Morgan fingerprint density at radius 3 is 2.40 bits per heavy atom. The fourth-order valence-electron chi connectivity index (χ4n) is 4.37. The highest BCUT2D eigenvalue weighted by Crippen LogP contribution is 2.34. The van der Waals surface area contributed by atoms with E-state index in [4.69, 9.17) is 0 Å². The Labute approximate surface area is 234 Å². The van der Waals surface area contributed by atoms with Crippen molar-refractivity contribution in [2.75, 3.05) is 12.4 Å². The molecule has 0 bridgehead atoms. The molecule has 14 heteroatoms. The van der Waals surface area contributed by atoms with Gasteiger partial charge in [-0.3, -0.25) is 23.3 Å². The molecule has 1 fully saturated rings. The van der Waals surface area contributed by atoms with Crippen LogP contribution in [0.3, 0.4) is 0 Å². The summed E-state index contributed by atoms with van der Waals surface area (Å²) >= 11 is 0.965. The van der Waals surface area contributed by atoms with Gasteiger partial charge >= 0.3 is 5.69 Å². The molecule has 0 spiro atoms. The molecule has 0 aliphatic heterocycles. The van der Waals surface area contributed by atoms with Crippen LogP contribution in [-0.2, 0) is 22.8 Å². The van der Waals surface area contributed by atoms with E-state index < -0.39 is 38.4 Å². The maximum Gasteiger partial charge on any atom is 0.337 e. The molecule has 214 valence electrons. The first-order chi connectivity index (χ1) is 18.9. The molecule has 0 radical (unpaired) electrons. The van der Waals surface area contributed by atoms with Gasteiger partial charge in [-0.15, -0.1) is 0 Å². The Kier molecular flexibility index (Phi) is 8.15. The van der Waals surface area contributed by atoms with Gasteiger partial charge in [0.25, 0.3) is 11.1 Å². The van der Waals surface area contributed by atoms with E-state index in [1.54, 1.807) is 13.0 Å². The molecule has 3 aromatic heterocycles. The molecular formula is C26H31FN6O5S2. The molecule has 11 nitrogen and oxygen atoms in total. The van der Waals surface area contributed by atoms with Gasteiger partial charge in [-0.25, -0.2) is 27.3 Å². The maximum atomic E-state index is 14.8. The predicted molar refractivity (Wildman–Crippen MR) is 155 cm³/mol. The minimum absolute atomic E-state index is 0.0360. The molecule has 5 rings (SSSR count). The maximum absolute atomic E-state index is 14.8. The summed E-state index contributed by atoms with van der Waals surface area (Å²) in [5, 5.41) is 3.42. The topological polar surface area (TPSA) is 137 Å². The van der Waals surface area contributed by atoms with E-state index in [0.29, 0.717) is 18.4 Å². The number of rotatable bonds is 7. The Morgan fingerprint density at radius 1 is 1.12 bits per heavy atom. The molecule has 40 heavy (non-hydrogen) atoms. The fourth-order valence-corrected chi connectivity index (χ4v) is 6.33. The van der Waals surface area contributed by atoms with Gasteiger partial charge in [-0.2, -0.15) is 0 Å². The molecule has 1 saturated carbocycles. The number of aryl methyl sites for hydroxylation is 2. The lowest BCUT2D eigenvalue weighted by atomic mass is 10.1. The number of pyridine rings is 1. The van der Waals surface area contributed by atoms with Crippen molar-refractivity contribution < 1.29 is 12.8 Å². The van der Waals surface area contributed by atoms with E-state index in [2.05, 4.69) is 15.0 Å². The number of hydrogen-bond acceptors (Lipinski definition) is 8. The Morgan fingerprint density at radius 2 is 1.80 bits per heavy atom. The molecule has 1 aliphatic rings. The highest BCUT2D eigenvalue weighted by Gasteiger charge is 2.32. The lowest BCUT2D eigenvalue weighted by Crippen LogP contribution is -2.41. The zero-order valence-electron chi connectivity index (χ0n) is 23.0. The zero-order valence-corrected chi connectivity index (χ0v) is 24.7. The summed E-state index contributed by atoms with van der Waals surface area (Å²) in [6, 6.07) is 4.21. The van der Waals surface area contributed by atoms with E-state index >= 15 is 0 Å². The zero-order chi connectivity index (χ0) is 29.5.